The van der Waals surface area contributed by atoms with Crippen LogP contribution in [0.15, 0.2) is 18.3 Å². The molecule has 1 atom stereocenters. The summed E-state index contributed by atoms with van der Waals surface area (Å²) < 4.78 is 1.44. The minimum atomic E-state index is -0.137. The number of nitrogens with one attached hydrogen (secondary N) is 2. The van der Waals surface area contributed by atoms with E-state index in [1.807, 2.05) is 0 Å². The number of benzene rings is 1. The van der Waals surface area contributed by atoms with Gasteiger partial charge in [0.25, 0.3) is 17.4 Å². The summed E-state index contributed by atoms with van der Waals surface area (Å²) in [6, 6.07) is 5.90. The van der Waals surface area contributed by atoms with Crippen molar-refractivity contribution in [3.8, 4) is 6.07 Å². The molecule has 3 aromatic rings. The highest BCUT2D eigenvalue weighted by atomic mass is 35.5. The van der Waals surface area contributed by atoms with Gasteiger partial charge in [0.2, 0.25) is 5.91 Å². The number of hydrogen-bond donors (Lipinski definition) is 2. The maximum absolute atomic E-state index is 12.6. The molecule has 0 bridgehead atoms. The molecule has 1 amide bonds. The van der Waals surface area contributed by atoms with Gasteiger partial charge in [-0.1, -0.05) is 23.3 Å². The number of halogens is 1. The van der Waals surface area contributed by atoms with Gasteiger partial charge < -0.3 is 25.3 Å². The molecule has 1 saturated carbocycles. The van der Waals surface area contributed by atoms with Gasteiger partial charge in [0.15, 0.2) is 5.82 Å². The molecule has 0 spiro atoms. The van der Waals surface area contributed by atoms with E-state index in [9.17, 15) is 10.1 Å². The van der Waals surface area contributed by atoms with Gasteiger partial charge in [0, 0.05) is 33.2 Å². The molecule has 1 aliphatic heterocycles. The Labute approximate surface area is 213 Å². The van der Waals surface area contributed by atoms with Gasteiger partial charge in [-0.25, -0.2) is 4.98 Å². The van der Waals surface area contributed by atoms with Crippen molar-refractivity contribution >= 4 is 52.1 Å². The third-order valence-electron chi connectivity index (χ3n) is 6.36. The molecule has 5 rings (SSSR count). The molecular formula is C24H25ClN10O. The first kappa shape index (κ1) is 23.6. The zero-order valence-electron chi connectivity index (χ0n) is 20.0. The van der Waals surface area contributed by atoms with Crippen LogP contribution in [-0.4, -0.2) is 63.6 Å². The van der Waals surface area contributed by atoms with Crippen LogP contribution in [0.25, 0.3) is 10.5 Å². The zero-order valence-corrected chi connectivity index (χ0v) is 20.7. The lowest BCUT2D eigenvalue weighted by molar-refractivity contribution is -0.133. The second kappa shape index (κ2) is 9.51. The Kier molecular flexibility index (Phi) is 6.25. The predicted octanol–water partition coefficient (Wildman–Crippen LogP) is 3.82. The molecule has 2 fully saturated rings. The van der Waals surface area contributed by atoms with E-state index in [1.165, 1.54) is 10.7 Å². The minimum absolute atomic E-state index is 0.0824. The third kappa shape index (κ3) is 4.58. The third-order valence-corrected chi connectivity index (χ3v) is 6.76. The van der Waals surface area contributed by atoms with E-state index in [4.69, 9.17) is 18.2 Å². The molecule has 1 aliphatic carbocycles. The molecule has 11 nitrogen and oxygen atoms in total. The molecule has 1 unspecified atom stereocenters. The number of aromatic nitrogens is 4. The quantitative estimate of drug-likeness (QED) is 0.486. The van der Waals surface area contributed by atoms with E-state index in [1.54, 1.807) is 31.1 Å². The summed E-state index contributed by atoms with van der Waals surface area (Å²) in [7, 11) is 3.52. The smallest absolute Gasteiger partial charge is 0.275 e. The van der Waals surface area contributed by atoms with Crippen molar-refractivity contribution in [3.05, 3.63) is 40.3 Å². The van der Waals surface area contributed by atoms with Crippen molar-refractivity contribution in [2.75, 3.05) is 42.7 Å². The normalized spacial score (nSPS) is 17.4. The van der Waals surface area contributed by atoms with Crippen LogP contribution in [0, 0.1) is 23.8 Å². The van der Waals surface area contributed by atoms with E-state index in [0.29, 0.717) is 46.0 Å². The first-order valence-electron chi connectivity index (χ1n) is 11.7. The number of rotatable bonds is 6. The maximum atomic E-state index is 12.6. The van der Waals surface area contributed by atoms with Crippen molar-refractivity contribution in [1.82, 2.24) is 24.5 Å². The fourth-order valence-electron chi connectivity index (χ4n) is 4.39. The van der Waals surface area contributed by atoms with Crippen LogP contribution in [0.2, 0.25) is 5.02 Å². The highest BCUT2D eigenvalue weighted by molar-refractivity contribution is 6.36. The topological polar surface area (TPSA) is 119 Å². The molecule has 12 heteroatoms. The number of carbonyl (C=O) groups excluding carboxylic acids is 1. The molecule has 3 heterocycles. The summed E-state index contributed by atoms with van der Waals surface area (Å²) in [5.41, 5.74) is 2.03. The van der Waals surface area contributed by atoms with Crippen molar-refractivity contribution < 1.29 is 4.79 Å². The monoisotopic (exact) mass is 504 g/mol. The summed E-state index contributed by atoms with van der Waals surface area (Å²) in [6.07, 6.45) is 5.20. The standard InChI is InChI=1S/C24H25ClN10O/c1-27-19-12-28-22-21(29-16-6-7-16)31-24(32-35(19)22)30-17-9-14(11-26)10-18(20(17)25)34-8-4-5-15(13-34)23(36)33(2)3/h9-10,12,15-16H,4-8,13H2,2-3H3,(H2,29,30,31,32). The van der Waals surface area contributed by atoms with Gasteiger partial charge in [0.1, 0.15) is 0 Å². The molecular weight excluding hydrogens is 480 g/mol. The zero-order chi connectivity index (χ0) is 25.4. The van der Waals surface area contributed by atoms with Crippen LogP contribution in [0.4, 0.5) is 29.0 Å². The average molecular weight is 505 g/mol. The van der Waals surface area contributed by atoms with Crippen molar-refractivity contribution in [2.24, 2.45) is 5.92 Å². The highest BCUT2D eigenvalue weighted by Crippen LogP contribution is 2.38. The Balaban J connectivity index is 1.50. The molecule has 1 saturated heterocycles. The van der Waals surface area contributed by atoms with Gasteiger partial charge in [-0.05, 0) is 37.8 Å². The molecule has 2 aromatic heterocycles. The molecule has 184 valence electrons. The lowest BCUT2D eigenvalue weighted by Crippen LogP contribution is -2.42. The van der Waals surface area contributed by atoms with Crippen molar-refractivity contribution in [3.63, 3.8) is 0 Å². The summed E-state index contributed by atoms with van der Waals surface area (Å²) in [5.74, 6) is 0.951. The number of imidazole rings is 1. The molecule has 2 aliphatic rings. The van der Waals surface area contributed by atoms with E-state index in [0.717, 1.165) is 32.2 Å². The lowest BCUT2D eigenvalue weighted by atomic mass is 9.96. The van der Waals surface area contributed by atoms with Gasteiger partial charge in [-0.3, -0.25) is 4.79 Å². The number of hydrogen-bond acceptors (Lipinski definition) is 8. The summed E-state index contributed by atoms with van der Waals surface area (Å²) in [4.78, 5) is 28.6. The second-order valence-electron chi connectivity index (χ2n) is 9.28. The fraction of sp³-hybridized carbons (Fsp3) is 0.417. The van der Waals surface area contributed by atoms with Crippen LogP contribution in [0.1, 0.15) is 31.2 Å². The molecule has 1 aromatic carbocycles. The SMILES string of the molecule is [C-]#[N+]c1cnc2c(NC3CC3)nc(Nc3cc(C#N)cc(N4CCCC(C(=O)N(C)C)C4)c3Cl)nn12. The van der Waals surface area contributed by atoms with Crippen molar-refractivity contribution in [1.29, 1.82) is 5.26 Å². The Morgan fingerprint density at radius 3 is 2.83 bits per heavy atom. The maximum Gasteiger partial charge on any atom is 0.275 e. The first-order valence-corrected chi connectivity index (χ1v) is 12.1. The van der Waals surface area contributed by atoms with E-state index in [2.05, 4.69) is 41.5 Å². The Bertz CT molecular complexity index is 1410. The minimum Gasteiger partial charge on any atom is -0.369 e. The molecule has 36 heavy (non-hydrogen) atoms. The first-order chi connectivity index (χ1) is 17.4. The Morgan fingerprint density at radius 2 is 2.14 bits per heavy atom. The molecule has 2 N–H and O–H groups in total. The Morgan fingerprint density at radius 1 is 1.33 bits per heavy atom. The number of carbonyl (C=O) groups is 1. The second-order valence-corrected chi connectivity index (χ2v) is 9.66. The number of amides is 1. The van der Waals surface area contributed by atoms with Crippen molar-refractivity contribution in [2.45, 2.75) is 31.7 Å². The van der Waals surface area contributed by atoms with E-state index in [-0.39, 0.29) is 23.6 Å². The largest absolute Gasteiger partial charge is 0.369 e. The van der Waals surface area contributed by atoms with Crippen LogP contribution >= 0.6 is 11.6 Å². The van der Waals surface area contributed by atoms with Crippen LogP contribution in [0.5, 0.6) is 0 Å². The molecule has 0 radical (unpaired) electrons. The summed E-state index contributed by atoms with van der Waals surface area (Å²) in [6.45, 7) is 8.68. The summed E-state index contributed by atoms with van der Waals surface area (Å²) >= 11 is 6.85. The van der Waals surface area contributed by atoms with E-state index < -0.39 is 0 Å². The van der Waals surface area contributed by atoms with Crippen LogP contribution in [-0.2, 0) is 4.79 Å². The predicted molar refractivity (Wildman–Crippen MR) is 137 cm³/mol. The summed E-state index contributed by atoms with van der Waals surface area (Å²) in [5, 5.41) is 21.0. The fourth-order valence-corrected chi connectivity index (χ4v) is 4.67. The number of anilines is 4. The van der Waals surface area contributed by atoms with Gasteiger partial charge in [-0.2, -0.15) is 10.2 Å². The van der Waals surface area contributed by atoms with Gasteiger partial charge in [-0.15, -0.1) is 4.52 Å². The average Bonchev–Trinajstić information content (AvgIpc) is 3.60. The van der Waals surface area contributed by atoms with Gasteiger partial charge in [0.05, 0.1) is 40.1 Å². The number of nitrogens with zero attached hydrogens (tertiary/aromatic N) is 8. The van der Waals surface area contributed by atoms with E-state index >= 15 is 0 Å². The van der Waals surface area contributed by atoms with Crippen LogP contribution in [0.3, 0.4) is 0 Å². The van der Waals surface area contributed by atoms with Crippen LogP contribution < -0.4 is 15.5 Å². The lowest BCUT2D eigenvalue weighted by Gasteiger charge is -2.35. The Hall–Kier alpha value is -4.09. The number of piperidine rings is 1. The van der Waals surface area contributed by atoms with Gasteiger partial charge >= 0.3 is 0 Å². The number of fused-ring (bicyclic) bond motifs is 1. The number of nitriles is 1. The highest BCUT2D eigenvalue weighted by Gasteiger charge is 2.29.